The van der Waals surface area contributed by atoms with Crippen LogP contribution in [0.15, 0.2) is 0 Å². The summed E-state index contributed by atoms with van der Waals surface area (Å²) in [5, 5.41) is 0. The molecule has 3 heteroatoms. The van der Waals surface area contributed by atoms with Crippen LogP contribution in [0, 0.1) is 5.92 Å². The van der Waals surface area contributed by atoms with E-state index in [1.165, 1.54) is 103 Å². The Labute approximate surface area is 173 Å². The highest BCUT2D eigenvalue weighted by Crippen LogP contribution is 2.41. The van der Waals surface area contributed by atoms with Gasteiger partial charge in [-0.2, -0.15) is 0 Å². The molecule has 0 spiro atoms. The smallest absolute Gasteiger partial charge is 0.0834 e. The topological polar surface area (TPSA) is 0 Å². The van der Waals surface area contributed by atoms with Crippen LogP contribution in [-0.2, 0) is 0 Å². The second-order valence-corrected chi connectivity index (χ2v) is 10.1. The third kappa shape index (κ3) is 18.0. The molecule has 0 aromatic carbocycles. The van der Waals surface area contributed by atoms with E-state index in [2.05, 4.69) is 13.8 Å². The van der Waals surface area contributed by atoms with E-state index in [4.69, 9.17) is 34.8 Å². The summed E-state index contributed by atoms with van der Waals surface area (Å²) in [6.45, 7) is 4.53. The normalized spacial score (nSPS) is 13.3. The fourth-order valence-corrected chi connectivity index (χ4v) is 4.18. The molecule has 0 heterocycles. The van der Waals surface area contributed by atoms with E-state index < -0.39 is 3.79 Å². The van der Waals surface area contributed by atoms with Crippen LogP contribution in [0.3, 0.4) is 0 Å². The van der Waals surface area contributed by atoms with Crippen LogP contribution in [0.5, 0.6) is 0 Å². The first-order chi connectivity index (χ1) is 12.0. The average molecular weight is 414 g/mol. The lowest BCUT2D eigenvalue weighted by Crippen LogP contribution is -2.19. The molecule has 0 amide bonds. The molecule has 0 saturated heterocycles. The van der Waals surface area contributed by atoms with Gasteiger partial charge in [-0.1, -0.05) is 151 Å². The van der Waals surface area contributed by atoms with Gasteiger partial charge in [0, 0.05) is 5.92 Å². The second-order valence-electron chi connectivity index (χ2n) is 7.77. The van der Waals surface area contributed by atoms with Crippen molar-refractivity contribution < 1.29 is 0 Å². The number of rotatable bonds is 18. The lowest BCUT2D eigenvalue weighted by molar-refractivity contribution is 0.407. The largest absolute Gasteiger partial charge is 0.193 e. The Morgan fingerprint density at radius 2 is 0.760 bits per heavy atom. The third-order valence-electron chi connectivity index (χ3n) is 5.28. The third-order valence-corrected chi connectivity index (χ3v) is 6.20. The highest BCUT2D eigenvalue weighted by atomic mass is 35.6. The maximum Gasteiger partial charge on any atom is 0.193 e. The number of hydrogen-bond acceptors (Lipinski definition) is 0. The summed E-state index contributed by atoms with van der Waals surface area (Å²) < 4.78 is -1.08. The van der Waals surface area contributed by atoms with Crippen molar-refractivity contribution in [3.8, 4) is 0 Å². The SMILES string of the molecule is CCCCCCCCCCCCC(CCCCCCCC)C(Cl)(Cl)Cl. The highest BCUT2D eigenvalue weighted by molar-refractivity contribution is 6.67. The Balaban J connectivity index is 3.63. The lowest BCUT2D eigenvalue weighted by Gasteiger charge is -2.24. The Morgan fingerprint density at radius 3 is 1.04 bits per heavy atom. The highest BCUT2D eigenvalue weighted by Gasteiger charge is 2.31. The van der Waals surface area contributed by atoms with Crippen molar-refractivity contribution in [3.63, 3.8) is 0 Å². The first-order valence-electron chi connectivity index (χ1n) is 11.1. The first kappa shape index (κ1) is 25.9. The van der Waals surface area contributed by atoms with Crippen LogP contribution in [0.1, 0.15) is 129 Å². The number of unbranched alkanes of at least 4 members (excludes halogenated alkanes) is 14. The fourth-order valence-electron chi connectivity index (χ4n) is 3.52. The number of alkyl halides is 3. The zero-order valence-corrected chi connectivity index (χ0v) is 19.2. The molecule has 0 saturated carbocycles. The first-order valence-corrected chi connectivity index (χ1v) is 12.2. The summed E-state index contributed by atoms with van der Waals surface area (Å²) in [4.78, 5) is 0. The zero-order chi connectivity index (χ0) is 18.8. The van der Waals surface area contributed by atoms with Crippen LogP contribution < -0.4 is 0 Å². The zero-order valence-electron chi connectivity index (χ0n) is 16.9. The van der Waals surface area contributed by atoms with Crippen molar-refractivity contribution >= 4 is 34.8 Å². The van der Waals surface area contributed by atoms with Crippen LogP contribution in [-0.4, -0.2) is 3.79 Å². The Hall–Kier alpha value is 0.870. The number of hydrogen-bond donors (Lipinski definition) is 0. The summed E-state index contributed by atoms with van der Waals surface area (Å²) in [7, 11) is 0. The second kappa shape index (κ2) is 18.2. The minimum atomic E-state index is -1.08. The van der Waals surface area contributed by atoms with E-state index >= 15 is 0 Å². The van der Waals surface area contributed by atoms with Gasteiger partial charge in [-0.25, -0.2) is 0 Å². The summed E-state index contributed by atoms with van der Waals surface area (Å²) >= 11 is 18.6. The summed E-state index contributed by atoms with van der Waals surface area (Å²) in [5.41, 5.74) is 0. The van der Waals surface area contributed by atoms with Crippen molar-refractivity contribution in [1.29, 1.82) is 0 Å². The summed E-state index contributed by atoms with van der Waals surface area (Å²) in [6.07, 6.45) is 23.6. The quantitative estimate of drug-likeness (QED) is 0.155. The minimum absolute atomic E-state index is 0.234. The minimum Gasteiger partial charge on any atom is -0.0834 e. The van der Waals surface area contributed by atoms with E-state index in [1.807, 2.05) is 0 Å². The lowest BCUT2D eigenvalue weighted by atomic mass is 9.95. The standard InChI is InChI=1S/C22H43Cl3/c1-3-5-7-9-11-12-13-14-16-18-20-21(22(23,24)25)19-17-15-10-8-6-4-2/h21H,3-20H2,1-2H3. The van der Waals surface area contributed by atoms with E-state index in [0.717, 1.165) is 12.8 Å². The Kier molecular flexibility index (Phi) is 18.9. The molecule has 0 aromatic heterocycles. The molecule has 0 fully saturated rings. The fraction of sp³-hybridized carbons (Fsp3) is 1.00. The van der Waals surface area contributed by atoms with Crippen molar-refractivity contribution in [2.45, 2.75) is 133 Å². The molecule has 1 atom stereocenters. The molecule has 0 N–H and O–H groups in total. The molecular weight excluding hydrogens is 371 g/mol. The van der Waals surface area contributed by atoms with E-state index in [1.54, 1.807) is 0 Å². The van der Waals surface area contributed by atoms with Gasteiger partial charge in [0.25, 0.3) is 0 Å². The molecule has 0 aromatic rings. The van der Waals surface area contributed by atoms with Gasteiger partial charge in [0.15, 0.2) is 3.79 Å². The van der Waals surface area contributed by atoms with Crippen molar-refractivity contribution in [2.75, 3.05) is 0 Å². The monoisotopic (exact) mass is 412 g/mol. The van der Waals surface area contributed by atoms with E-state index in [-0.39, 0.29) is 5.92 Å². The van der Waals surface area contributed by atoms with Gasteiger partial charge < -0.3 is 0 Å². The molecule has 0 bridgehead atoms. The van der Waals surface area contributed by atoms with Gasteiger partial charge in [-0.05, 0) is 12.8 Å². The van der Waals surface area contributed by atoms with E-state index in [9.17, 15) is 0 Å². The van der Waals surface area contributed by atoms with Crippen molar-refractivity contribution in [3.05, 3.63) is 0 Å². The average Bonchev–Trinajstić information content (AvgIpc) is 2.56. The van der Waals surface area contributed by atoms with Crippen LogP contribution in [0.25, 0.3) is 0 Å². The molecule has 0 rings (SSSR count). The van der Waals surface area contributed by atoms with Gasteiger partial charge in [0.2, 0.25) is 0 Å². The summed E-state index contributed by atoms with van der Waals surface area (Å²) in [5.74, 6) is 0.234. The van der Waals surface area contributed by atoms with Gasteiger partial charge in [0.05, 0.1) is 0 Å². The molecule has 0 aliphatic rings. The molecule has 25 heavy (non-hydrogen) atoms. The Bertz CT molecular complexity index is 260. The predicted octanol–water partition coefficient (Wildman–Crippen LogP) is 10.0. The van der Waals surface area contributed by atoms with E-state index in [0.29, 0.717) is 0 Å². The van der Waals surface area contributed by atoms with Gasteiger partial charge in [-0.15, -0.1) is 0 Å². The van der Waals surface area contributed by atoms with Crippen molar-refractivity contribution in [2.24, 2.45) is 5.92 Å². The molecule has 0 aliphatic carbocycles. The van der Waals surface area contributed by atoms with Crippen LogP contribution >= 0.6 is 34.8 Å². The van der Waals surface area contributed by atoms with Crippen molar-refractivity contribution in [1.82, 2.24) is 0 Å². The molecular formula is C22H43Cl3. The molecule has 1 unspecified atom stereocenters. The molecule has 152 valence electrons. The van der Waals surface area contributed by atoms with Crippen LogP contribution in [0.2, 0.25) is 0 Å². The summed E-state index contributed by atoms with van der Waals surface area (Å²) in [6, 6.07) is 0. The maximum atomic E-state index is 6.22. The maximum absolute atomic E-state index is 6.22. The number of halogens is 3. The van der Waals surface area contributed by atoms with Gasteiger partial charge >= 0.3 is 0 Å². The Morgan fingerprint density at radius 1 is 0.480 bits per heavy atom. The van der Waals surface area contributed by atoms with Crippen LogP contribution in [0.4, 0.5) is 0 Å². The molecule has 0 aliphatic heterocycles. The molecule has 0 nitrogen and oxygen atoms in total. The van der Waals surface area contributed by atoms with Gasteiger partial charge in [-0.3, -0.25) is 0 Å². The molecule has 0 radical (unpaired) electrons. The van der Waals surface area contributed by atoms with Gasteiger partial charge in [0.1, 0.15) is 0 Å². The predicted molar refractivity (Wildman–Crippen MR) is 118 cm³/mol.